The van der Waals surface area contributed by atoms with E-state index < -0.39 is 0 Å². The summed E-state index contributed by atoms with van der Waals surface area (Å²) in [5.41, 5.74) is 2.30. The van der Waals surface area contributed by atoms with Crippen LogP contribution in [0.4, 0.5) is 0 Å². The number of likely N-dealkylation sites (N-methyl/N-ethyl adjacent to an activating group) is 1. The highest BCUT2D eigenvalue weighted by atomic mass is 16.5. The highest BCUT2D eigenvalue weighted by Crippen LogP contribution is 2.21. The molecule has 0 atom stereocenters. The van der Waals surface area contributed by atoms with Gasteiger partial charge in [0.1, 0.15) is 5.75 Å². The van der Waals surface area contributed by atoms with E-state index in [1.54, 1.807) is 0 Å². The minimum Gasteiger partial charge on any atom is -0.484 e. The highest BCUT2D eigenvalue weighted by molar-refractivity contribution is 5.77. The molecule has 2 aromatic carbocycles. The van der Waals surface area contributed by atoms with Crippen LogP contribution in [-0.2, 0) is 4.79 Å². The molecule has 0 aliphatic carbocycles. The Morgan fingerprint density at radius 2 is 1.63 bits per heavy atom. The average molecular weight is 367 g/mol. The van der Waals surface area contributed by atoms with Crippen LogP contribution < -0.4 is 10.1 Å². The second kappa shape index (κ2) is 10.1. The summed E-state index contributed by atoms with van der Waals surface area (Å²) in [6.07, 6.45) is 0.973. The molecule has 1 N–H and O–H groups in total. The summed E-state index contributed by atoms with van der Waals surface area (Å²) in [5.74, 6) is 0.641. The third-order valence-corrected chi connectivity index (χ3v) is 4.90. The van der Waals surface area contributed by atoms with Crippen molar-refractivity contribution in [2.24, 2.45) is 0 Å². The molecule has 1 aliphatic rings. The first-order chi connectivity index (χ1) is 13.2. The van der Waals surface area contributed by atoms with Gasteiger partial charge in [-0.1, -0.05) is 42.5 Å². The molecule has 0 saturated carbocycles. The summed E-state index contributed by atoms with van der Waals surface area (Å²) >= 11 is 0. The van der Waals surface area contributed by atoms with Gasteiger partial charge in [-0.05, 0) is 43.3 Å². The van der Waals surface area contributed by atoms with E-state index in [2.05, 4.69) is 34.3 Å². The van der Waals surface area contributed by atoms with Crippen molar-refractivity contribution in [1.82, 2.24) is 15.1 Å². The van der Waals surface area contributed by atoms with E-state index in [1.165, 1.54) is 5.56 Å². The smallest absolute Gasteiger partial charge is 0.257 e. The minimum atomic E-state index is -0.0690. The zero-order valence-corrected chi connectivity index (χ0v) is 16.1. The lowest BCUT2D eigenvalue weighted by Crippen LogP contribution is -2.45. The van der Waals surface area contributed by atoms with Crippen LogP contribution in [0.1, 0.15) is 6.42 Å². The Balaban J connectivity index is 1.32. The van der Waals surface area contributed by atoms with Gasteiger partial charge in [0.25, 0.3) is 5.91 Å². The molecule has 0 aromatic heterocycles. The Bertz CT molecular complexity index is 695. The van der Waals surface area contributed by atoms with E-state index in [0.717, 1.165) is 44.7 Å². The summed E-state index contributed by atoms with van der Waals surface area (Å²) in [6.45, 7) is 6.28. The van der Waals surface area contributed by atoms with E-state index in [-0.39, 0.29) is 12.5 Å². The van der Waals surface area contributed by atoms with Gasteiger partial charge in [-0.15, -0.1) is 0 Å². The molecule has 1 heterocycles. The Morgan fingerprint density at radius 3 is 2.33 bits per heavy atom. The molecule has 3 rings (SSSR count). The fraction of sp³-hybridized carbons (Fsp3) is 0.409. The van der Waals surface area contributed by atoms with Crippen LogP contribution in [0.3, 0.4) is 0 Å². The number of carbonyl (C=O) groups is 1. The fourth-order valence-electron chi connectivity index (χ4n) is 3.18. The molecule has 1 saturated heterocycles. The van der Waals surface area contributed by atoms with Gasteiger partial charge in [0, 0.05) is 32.7 Å². The zero-order chi connectivity index (χ0) is 18.9. The van der Waals surface area contributed by atoms with Crippen LogP contribution in [0, 0.1) is 0 Å². The van der Waals surface area contributed by atoms with Crippen molar-refractivity contribution in [1.29, 1.82) is 0 Å². The van der Waals surface area contributed by atoms with Crippen LogP contribution in [0.25, 0.3) is 11.1 Å². The molecule has 1 aliphatic heterocycles. The van der Waals surface area contributed by atoms with Gasteiger partial charge in [-0.25, -0.2) is 0 Å². The van der Waals surface area contributed by atoms with Gasteiger partial charge in [-0.2, -0.15) is 0 Å². The largest absolute Gasteiger partial charge is 0.484 e. The van der Waals surface area contributed by atoms with Crippen molar-refractivity contribution in [3.63, 3.8) is 0 Å². The predicted molar refractivity (Wildman–Crippen MR) is 109 cm³/mol. The lowest BCUT2D eigenvalue weighted by atomic mass is 10.1. The Kier molecular flexibility index (Phi) is 7.25. The van der Waals surface area contributed by atoms with Gasteiger partial charge in [0.2, 0.25) is 0 Å². The number of piperazine rings is 1. The number of amides is 1. The van der Waals surface area contributed by atoms with Crippen molar-refractivity contribution in [2.45, 2.75) is 6.42 Å². The second-order valence-corrected chi connectivity index (χ2v) is 7.03. The molecule has 0 unspecified atom stereocenters. The third kappa shape index (κ3) is 6.38. The average Bonchev–Trinajstić information content (AvgIpc) is 2.72. The van der Waals surface area contributed by atoms with E-state index in [9.17, 15) is 4.79 Å². The van der Waals surface area contributed by atoms with E-state index in [0.29, 0.717) is 12.3 Å². The maximum atomic E-state index is 11.9. The molecule has 1 fully saturated rings. The molecule has 0 bridgehead atoms. The van der Waals surface area contributed by atoms with Crippen LogP contribution in [0.5, 0.6) is 5.75 Å². The van der Waals surface area contributed by atoms with Crippen molar-refractivity contribution in [2.75, 3.05) is 52.9 Å². The highest BCUT2D eigenvalue weighted by Gasteiger charge is 2.12. The number of rotatable bonds is 8. The molecule has 1 amide bonds. The van der Waals surface area contributed by atoms with Gasteiger partial charge in [0.15, 0.2) is 6.61 Å². The van der Waals surface area contributed by atoms with Crippen LogP contribution in [0.2, 0.25) is 0 Å². The number of nitrogens with one attached hydrogen (secondary N) is 1. The summed E-state index contributed by atoms with van der Waals surface area (Å²) < 4.78 is 5.59. The first kappa shape index (κ1) is 19.4. The molecule has 0 spiro atoms. The topological polar surface area (TPSA) is 44.8 Å². The molecule has 2 aromatic rings. The Morgan fingerprint density at radius 1 is 0.963 bits per heavy atom. The third-order valence-electron chi connectivity index (χ3n) is 4.90. The molecular formula is C22H29N3O2. The van der Waals surface area contributed by atoms with E-state index in [4.69, 9.17) is 4.74 Å². The number of hydrogen-bond donors (Lipinski definition) is 1. The monoisotopic (exact) mass is 367 g/mol. The van der Waals surface area contributed by atoms with Gasteiger partial charge in [-0.3, -0.25) is 4.79 Å². The number of benzene rings is 2. The molecule has 5 heteroatoms. The predicted octanol–water partition coefficient (Wildman–Crippen LogP) is 2.49. The lowest BCUT2D eigenvalue weighted by molar-refractivity contribution is -0.123. The van der Waals surface area contributed by atoms with Crippen molar-refractivity contribution in [3.05, 3.63) is 54.6 Å². The molecule has 5 nitrogen and oxygen atoms in total. The molecule has 27 heavy (non-hydrogen) atoms. The number of hydrogen-bond acceptors (Lipinski definition) is 4. The second-order valence-electron chi connectivity index (χ2n) is 7.03. The fourth-order valence-corrected chi connectivity index (χ4v) is 3.18. The van der Waals surface area contributed by atoms with Crippen molar-refractivity contribution >= 4 is 5.91 Å². The first-order valence-electron chi connectivity index (χ1n) is 9.66. The zero-order valence-electron chi connectivity index (χ0n) is 16.1. The van der Waals surface area contributed by atoms with Gasteiger partial charge >= 0.3 is 0 Å². The van der Waals surface area contributed by atoms with Crippen LogP contribution >= 0.6 is 0 Å². The van der Waals surface area contributed by atoms with E-state index in [1.807, 2.05) is 42.5 Å². The minimum absolute atomic E-state index is 0.0548. The lowest BCUT2D eigenvalue weighted by Gasteiger charge is -2.32. The molecule has 0 radical (unpaired) electrons. The maximum Gasteiger partial charge on any atom is 0.257 e. The summed E-state index contributed by atoms with van der Waals surface area (Å²) in [4.78, 5) is 16.7. The number of nitrogens with zero attached hydrogens (tertiary/aromatic N) is 2. The van der Waals surface area contributed by atoms with Crippen molar-refractivity contribution in [3.8, 4) is 16.9 Å². The Labute approximate surface area is 161 Å². The standard InChI is InChI=1S/C22H29N3O2/c1-24-14-16-25(17-15-24)13-5-12-23-22(26)18-27-21-10-8-20(9-11-21)19-6-3-2-4-7-19/h2-4,6-11H,5,12-18H2,1H3,(H,23,26). The maximum absolute atomic E-state index is 11.9. The van der Waals surface area contributed by atoms with Gasteiger partial charge in [0.05, 0.1) is 0 Å². The number of carbonyl (C=O) groups excluding carboxylic acids is 1. The van der Waals surface area contributed by atoms with Crippen LogP contribution in [-0.4, -0.2) is 68.6 Å². The SMILES string of the molecule is CN1CCN(CCCNC(=O)COc2ccc(-c3ccccc3)cc2)CC1. The van der Waals surface area contributed by atoms with Crippen molar-refractivity contribution < 1.29 is 9.53 Å². The summed E-state index contributed by atoms with van der Waals surface area (Å²) in [5, 5.41) is 2.94. The molecular weight excluding hydrogens is 338 g/mol. The Hall–Kier alpha value is -2.37. The quantitative estimate of drug-likeness (QED) is 0.728. The van der Waals surface area contributed by atoms with Gasteiger partial charge < -0.3 is 19.9 Å². The summed E-state index contributed by atoms with van der Waals surface area (Å²) in [7, 11) is 2.16. The number of ether oxygens (including phenoxy) is 1. The normalized spacial score (nSPS) is 15.4. The molecule has 144 valence electrons. The van der Waals surface area contributed by atoms with E-state index >= 15 is 0 Å². The summed E-state index contributed by atoms with van der Waals surface area (Å²) in [6, 6.07) is 18.0. The van der Waals surface area contributed by atoms with Crippen LogP contribution in [0.15, 0.2) is 54.6 Å². The first-order valence-corrected chi connectivity index (χ1v) is 9.66.